The van der Waals surface area contributed by atoms with E-state index in [1.165, 1.54) is 5.56 Å². The summed E-state index contributed by atoms with van der Waals surface area (Å²) in [4.78, 5) is 0. The first-order valence-electron chi connectivity index (χ1n) is 5.15. The lowest BCUT2D eigenvalue weighted by Crippen LogP contribution is -2.40. The Morgan fingerprint density at radius 3 is 2.60 bits per heavy atom. The lowest BCUT2D eigenvalue weighted by molar-refractivity contribution is 0.206. The van der Waals surface area contributed by atoms with E-state index in [9.17, 15) is 0 Å². The highest BCUT2D eigenvalue weighted by Crippen LogP contribution is 2.16. The van der Waals surface area contributed by atoms with Crippen molar-refractivity contribution in [3.05, 3.63) is 35.9 Å². The lowest BCUT2D eigenvalue weighted by Gasteiger charge is -2.20. The molecule has 0 aliphatic heterocycles. The van der Waals surface area contributed by atoms with Gasteiger partial charge in [-0.3, -0.25) is 0 Å². The average molecular weight is 225 g/mol. The third-order valence-corrected chi connectivity index (χ3v) is 3.32. The van der Waals surface area contributed by atoms with Gasteiger partial charge in [-0.2, -0.15) is 11.8 Å². The van der Waals surface area contributed by atoms with E-state index in [4.69, 9.17) is 10.8 Å². The Kier molecular flexibility index (Phi) is 5.15. The summed E-state index contributed by atoms with van der Waals surface area (Å²) in [7, 11) is 0. The minimum absolute atomic E-state index is 0.0545. The van der Waals surface area contributed by atoms with Gasteiger partial charge in [0, 0.05) is 11.3 Å². The van der Waals surface area contributed by atoms with E-state index < -0.39 is 5.54 Å². The Hall–Kier alpha value is -0.510. The van der Waals surface area contributed by atoms with Crippen molar-refractivity contribution in [3.63, 3.8) is 0 Å². The van der Waals surface area contributed by atoms with Gasteiger partial charge < -0.3 is 10.8 Å². The molecule has 3 heteroatoms. The fourth-order valence-corrected chi connectivity index (χ4v) is 2.33. The highest BCUT2D eigenvalue weighted by Gasteiger charge is 2.15. The highest BCUT2D eigenvalue weighted by molar-refractivity contribution is 7.98. The number of aliphatic hydroxyl groups is 1. The summed E-state index contributed by atoms with van der Waals surface area (Å²) in [5.41, 5.74) is 6.74. The molecule has 0 radical (unpaired) electrons. The van der Waals surface area contributed by atoms with Crippen LogP contribution in [-0.4, -0.2) is 23.0 Å². The second kappa shape index (κ2) is 6.16. The molecule has 0 bridgehead atoms. The highest BCUT2D eigenvalue weighted by atomic mass is 32.2. The van der Waals surface area contributed by atoms with Gasteiger partial charge in [-0.05, 0) is 24.7 Å². The van der Waals surface area contributed by atoms with Crippen molar-refractivity contribution in [1.82, 2.24) is 0 Å². The summed E-state index contributed by atoms with van der Waals surface area (Å²) in [5, 5.41) is 8.98. The van der Waals surface area contributed by atoms with Crippen LogP contribution in [0.15, 0.2) is 30.3 Å². The van der Waals surface area contributed by atoms with Gasteiger partial charge in [0.1, 0.15) is 0 Å². The maximum Gasteiger partial charge on any atom is 0.0608 e. The van der Waals surface area contributed by atoms with Crippen molar-refractivity contribution >= 4 is 11.8 Å². The Balaban J connectivity index is 2.18. The van der Waals surface area contributed by atoms with Gasteiger partial charge in [0.2, 0.25) is 0 Å². The minimum Gasteiger partial charge on any atom is -0.394 e. The molecule has 0 saturated heterocycles. The standard InChI is InChI=1S/C12H19NOS/c1-12(13,10-14)7-8-15-9-11-5-3-2-4-6-11/h2-6,14H,7-10,13H2,1H3. The number of rotatable bonds is 6. The molecule has 1 aromatic carbocycles. The van der Waals surface area contributed by atoms with Crippen molar-refractivity contribution in [2.24, 2.45) is 5.73 Å². The molecule has 0 amide bonds. The Bertz CT molecular complexity index is 274. The van der Waals surface area contributed by atoms with Gasteiger partial charge in [0.25, 0.3) is 0 Å². The molecule has 84 valence electrons. The molecule has 1 rings (SSSR count). The molecular formula is C12H19NOS. The second-order valence-electron chi connectivity index (χ2n) is 4.10. The van der Waals surface area contributed by atoms with Gasteiger partial charge in [0.15, 0.2) is 0 Å². The maximum atomic E-state index is 8.98. The second-order valence-corrected chi connectivity index (χ2v) is 5.21. The van der Waals surface area contributed by atoms with Crippen LogP contribution in [0.5, 0.6) is 0 Å². The number of aliphatic hydroxyl groups excluding tert-OH is 1. The van der Waals surface area contributed by atoms with Crippen molar-refractivity contribution in [2.75, 3.05) is 12.4 Å². The van der Waals surface area contributed by atoms with Crippen molar-refractivity contribution < 1.29 is 5.11 Å². The predicted molar refractivity (Wildman–Crippen MR) is 66.9 cm³/mol. The van der Waals surface area contributed by atoms with Crippen LogP contribution in [0, 0.1) is 0 Å². The molecule has 0 heterocycles. The minimum atomic E-state index is -0.427. The monoisotopic (exact) mass is 225 g/mol. The third-order valence-electron chi connectivity index (χ3n) is 2.29. The topological polar surface area (TPSA) is 46.2 Å². The molecule has 2 nitrogen and oxygen atoms in total. The van der Waals surface area contributed by atoms with Gasteiger partial charge >= 0.3 is 0 Å². The van der Waals surface area contributed by atoms with Gasteiger partial charge in [0.05, 0.1) is 6.61 Å². The first kappa shape index (κ1) is 12.6. The number of nitrogens with two attached hydrogens (primary N) is 1. The average Bonchev–Trinajstić information content (AvgIpc) is 2.26. The molecule has 1 unspecified atom stereocenters. The van der Waals surface area contributed by atoms with Crippen molar-refractivity contribution in [1.29, 1.82) is 0 Å². The van der Waals surface area contributed by atoms with Crippen LogP contribution in [0.3, 0.4) is 0 Å². The zero-order valence-electron chi connectivity index (χ0n) is 9.15. The van der Waals surface area contributed by atoms with Gasteiger partial charge in [-0.1, -0.05) is 30.3 Å². The fourth-order valence-electron chi connectivity index (χ4n) is 1.15. The molecule has 1 aromatic rings. The van der Waals surface area contributed by atoms with E-state index in [1.807, 2.05) is 24.8 Å². The molecular weight excluding hydrogens is 206 g/mol. The van der Waals surface area contributed by atoms with Gasteiger partial charge in [-0.15, -0.1) is 0 Å². The summed E-state index contributed by atoms with van der Waals surface area (Å²) in [6.07, 6.45) is 0.848. The SMILES string of the molecule is CC(N)(CO)CCSCc1ccccc1. The third kappa shape index (κ3) is 5.21. The van der Waals surface area contributed by atoms with Crippen LogP contribution in [0.2, 0.25) is 0 Å². The lowest BCUT2D eigenvalue weighted by atomic mass is 10.0. The zero-order valence-corrected chi connectivity index (χ0v) is 9.96. The van der Waals surface area contributed by atoms with Crippen LogP contribution in [0.4, 0.5) is 0 Å². The first-order valence-corrected chi connectivity index (χ1v) is 6.31. The van der Waals surface area contributed by atoms with Crippen molar-refractivity contribution in [2.45, 2.75) is 24.6 Å². The summed E-state index contributed by atoms with van der Waals surface area (Å²) < 4.78 is 0. The van der Waals surface area contributed by atoms with E-state index in [-0.39, 0.29) is 6.61 Å². The summed E-state index contributed by atoms with van der Waals surface area (Å²) >= 11 is 1.86. The number of hydrogen-bond acceptors (Lipinski definition) is 3. The summed E-state index contributed by atoms with van der Waals surface area (Å²) in [6.45, 7) is 1.94. The Morgan fingerprint density at radius 1 is 1.33 bits per heavy atom. The Morgan fingerprint density at radius 2 is 2.00 bits per heavy atom. The van der Waals surface area contributed by atoms with E-state index in [0.29, 0.717) is 0 Å². The zero-order chi connectivity index (χ0) is 11.1. The maximum absolute atomic E-state index is 8.98. The van der Waals surface area contributed by atoms with E-state index in [2.05, 4.69) is 24.3 Å². The fraction of sp³-hybridized carbons (Fsp3) is 0.500. The van der Waals surface area contributed by atoms with Crippen LogP contribution < -0.4 is 5.73 Å². The largest absolute Gasteiger partial charge is 0.394 e. The molecule has 0 saturated carbocycles. The van der Waals surface area contributed by atoms with Crippen LogP contribution >= 0.6 is 11.8 Å². The molecule has 0 aliphatic carbocycles. The number of hydrogen-bond donors (Lipinski definition) is 2. The molecule has 0 aromatic heterocycles. The number of benzene rings is 1. The molecule has 15 heavy (non-hydrogen) atoms. The molecule has 0 fully saturated rings. The number of thioether (sulfide) groups is 1. The molecule has 0 aliphatic rings. The van der Waals surface area contributed by atoms with E-state index in [1.54, 1.807) is 0 Å². The molecule has 0 spiro atoms. The summed E-state index contributed by atoms with van der Waals surface area (Å²) in [6, 6.07) is 10.4. The predicted octanol–water partition coefficient (Wildman–Crippen LogP) is 2.02. The molecule has 3 N–H and O–H groups in total. The summed E-state index contributed by atoms with van der Waals surface area (Å²) in [5.74, 6) is 2.00. The van der Waals surface area contributed by atoms with Crippen LogP contribution in [-0.2, 0) is 5.75 Å². The smallest absolute Gasteiger partial charge is 0.0608 e. The first-order chi connectivity index (χ1) is 7.14. The van der Waals surface area contributed by atoms with Crippen LogP contribution in [0.1, 0.15) is 18.9 Å². The molecule has 1 atom stereocenters. The quantitative estimate of drug-likeness (QED) is 0.728. The van der Waals surface area contributed by atoms with Crippen LogP contribution in [0.25, 0.3) is 0 Å². The van der Waals surface area contributed by atoms with E-state index in [0.717, 1.165) is 17.9 Å². The van der Waals surface area contributed by atoms with E-state index >= 15 is 0 Å². The Labute approximate surface area is 95.9 Å². The van der Waals surface area contributed by atoms with Crippen molar-refractivity contribution in [3.8, 4) is 0 Å². The normalized spacial score (nSPS) is 14.9. The van der Waals surface area contributed by atoms with Gasteiger partial charge in [-0.25, -0.2) is 0 Å².